The third-order valence-corrected chi connectivity index (χ3v) is 4.23. The number of rotatable bonds is 2. The van der Waals surface area contributed by atoms with Crippen LogP contribution in [0.3, 0.4) is 0 Å². The van der Waals surface area contributed by atoms with Crippen molar-refractivity contribution in [1.82, 2.24) is 0 Å². The van der Waals surface area contributed by atoms with Gasteiger partial charge in [0.25, 0.3) is 0 Å². The summed E-state index contributed by atoms with van der Waals surface area (Å²) in [5.74, 6) is -0.655. The average molecular weight is 373 g/mol. The summed E-state index contributed by atoms with van der Waals surface area (Å²) >= 11 is 6.10. The Bertz CT molecular complexity index is 541. The van der Waals surface area contributed by atoms with Crippen molar-refractivity contribution >= 4 is 47.9 Å². The van der Waals surface area contributed by atoms with Crippen molar-refractivity contribution in [3.8, 4) is 0 Å². The van der Waals surface area contributed by atoms with Crippen molar-refractivity contribution in [3.05, 3.63) is 26.6 Å². The van der Waals surface area contributed by atoms with Gasteiger partial charge < -0.3 is 4.74 Å². The van der Waals surface area contributed by atoms with E-state index in [1.165, 1.54) is 19.2 Å². The molecule has 16 heavy (non-hydrogen) atoms. The molecule has 5 nitrogen and oxygen atoms in total. The summed E-state index contributed by atoms with van der Waals surface area (Å²) in [7, 11) is -2.70. The lowest BCUT2D eigenvalue weighted by atomic mass is 10.2. The molecule has 0 bridgehead atoms. The first kappa shape index (κ1) is 13.6. The summed E-state index contributed by atoms with van der Waals surface area (Å²) in [6, 6.07) is 2.73. The Morgan fingerprint density at radius 2 is 1.94 bits per heavy atom. The normalized spacial score (nSPS) is 11.2. The highest BCUT2D eigenvalue weighted by atomic mass is 79.9. The standard InChI is InChI=1S/C8H7Br2NO4S/c1-15-8(12)5-2-4(9)3-6(7(5)10)16(11,13)14/h2-3H,1H3,(H2,11,13,14). The van der Waals surface area contributed by atoms with E-state index in [1.54, 1.807) is 0 Å². The fourth-order valence-electron chi connectivity index (χ4n) is 1.03. The highest BCUT2D eigenvalue weighted by Gasteiger charge is 2.20. The zero-order chi connectivity index (χ0) is 12.5. The van der Waals surface area contributed by atoms with Gasteiger partial charge in [0.2, 0.25) is 10.0 Å². The summed E-state index contributed by atoms with van der Waals surface area (Å²) < 4.78 is 27.5. The maximum Gasteiger partial charge on any atom is 0.339 e. The van der Waals surface area contributed by atoms with Crippen molar-refractivity contribution in [2.45, 2.75) is 4.90 Å². The summed E-state index contributed by atoms with van der Waals surface area (Å²) in [5, 5.41) is 5.01. The smallest absolute Gasteiger partial charge is 0.339 e. The van der Waals surface area contributed by atoms with Gasteiger partial charge in [0, 0.05) is 4.47 Å². The predicted octanol–water partition coefficient (Wildman–Crippen LogP) is 1.65. The number of carbonyl (C=O) groups excluding carboxylic acids is 1. The molecule has 0 unspecified atom stereocenters. The van der Waals surface area contributed by atoms with Crippen LogP contribution in [0.1, 0.15) is 10.4 Å². The van der Waals surface area contributed by atoms with Crippen molar-refractivity contribution < 1.29 is 17.9 Å². The molecule has 0 radical (unpaired) electrons. The summed E-state index contributed by atoms with van der Waals surface area (Å²) in [4.78, 5) is 11.2. The molecule has 0 heterocycles. The van der Waals surface area contributed by atoms with E-state index in [0.29, 0.717) is 4.47 Å². The molecule has 0 aliphatic carbocycles. The van der Waals surface area contributed by atoms with Crippen LogP contribution in [-0.2, 0) is 14.8 Å². The SMILES string of the molecule is COC(=O)c1cc(Br)cc(S(N)(=O)=O)c1Br. The molecule has 0 atom stereocenters. The van der Waals surface area contributed by atoms with Gasteiger partial charge in [-0.15, -0.1) is 0 Å². The van der Waals surface area contributed by atoms with Crippen LogP contribution in [-0.4, -0.2) is 21.5 Å². The van der Waals surface area contributed by atoms with E-state index in [0.717, 1.165) is 0 Å². The molecule has 0 aromatic heterocycles. The lowest BCUT2D eigenvalue weighted by Gasteiger charge is -2.07. The first-order valence-electron chi connectivity index (χ1n) is 3.87. The fourth-order valence-corrected chi connectivity index (χ4v) is 3.36. The number of benzene rings is 1. The first-order valence-corrected chi connectivity index (χ1v) is 7.00. The van der Waals surface area contributed by atoms with Crippen LogP contribution >= 0.6 is 31.9 Å². The van der Waals surface area contributed by atoms with Gasteiger partial charge in [-0.3, -0.25) is 0 Å². The number of ether oxygens (including phenoxy) is 1. The van der Waals surface area contributed by atoms with E-state index in [-0.39, 0.29) is 14.9 Å². The third-order valence-electron chi connectivity index (χ3n) is 1.72. The van der Waals surface area contributed by atoms with Gasteiger partial charge in [-0.25, -0.2) is 18.4 Å². The number of carbonyl (C=O) groups is 1. The molecule has 8 heteroatoms. The Hall–Kier alpha value is -0.440. The average Bonchev–Trinajstić information content (AvgIpc) is 2.18. The minimum absolute atomic E-state index is 0.0842. The van der Waals surface area contributed by atoms with Gasteiger partial charge in [0.15, 0.2) is 0 Å². The molecule has 88 valence electrons. The number of halogens is 2. The lowest BCUT2D eigenvalue weighted by Crippen LogP contribution is -2.15. The van der Waals surface area contributed by atoms with E-state index >= 15 is 0 Å². The Morgan fingerprint density at radius 3 is 2.38 bits per heavy atom. The van der Waals surface area contributed by atoms with E-state index in [1.807, 2.05) is 0 Å². The number of methoxy groups -OCH3 is 1. The van der Waals surface area contributed by atoms with E-state index in [2.05, 4.69) is 36.6 Å². The van der Waals surface area contributed by atoms with Crippen LogP contribution in [0.2, 0.25) is 0 Å². The van der Waals surface area contributed by atoms with Gasteiger partial charge in [-0.2, -0.15) is 0 Å². The van der Waals surface area contributed by atoms with Crippen LogP contribution < -0.4 is 5.14 Å². The van der Waals surface area contributed by atoms with Gasteiger partial charge in [0.05, 0.1) is 22.0 Å². The van der Waals surface area contributed by atoms with E-state index in [4.69, 9.17) is 5.14 Å². The van der Waals surface area contributed by atoms with E-state index < -0.39 is 16.0 Å². The van der Waals surface area contributed by atoms with Crippen molar-refractivity contribution in [1.29, 1.82) is 0 Å². The predicted molar refractivity (Wildman–Crippen MR) is 64.6 cm³/mol. The van der Waals surface area contributed by atoms with Crippen LogP contribution in [0.25, 0.3) is 0 Å². The molecule has 1 aromatic rings. The van der Waals surface area contributed by atoms with Gasteiger partial charge in [-0.05, 0) is 28.1 Å². The Morgan fingerprint density at radius 1 is 1.38 bits per heavy atom. The lowest BCUT2D eigenvalue weighted by molar-refractivity contribution is 0.0599. The van der Waals surface area contributed by atoms with Crippen LogP contribution in [0, 0.1) is 0 Å². The Balaban J connectivity index is 3.56. The maximum atomic E-state index is 11.4. The molecule has 0 saturated heterocycles. The van der Waals surface area contributed by atoms with Gasteiger partial charge in [-0.1, -0.05) is 15.9 Å². The second kappa shape index (κ2) is 4.82. The number of esters is 1. The molecule has 1 rings (SSSR count). The molecule has 0 aliphatic rings. The Labute approximate surface area is 109 Å². The summed E-state index contributed by atoms with van der Waals surface area (Å²) in [6.07, 6.45) is 0. The van der Waals surface area contributed by atoms with Crippen molar-refractivity contribution in [3.63, 3.8) is 0 Å². The van der Waals surface area contributed by atoms with E-state index in [9.17, 15) is 13.2 Å². The minimum Gasteiger partial charge on any atom is -0.465 e. The Kier molecular flexibility index (Phi) is 4.11. The number of sulfonamides is 1. The molecular formula is C8H7Br2NO4S. The number of hydrogen-bond acceptors (Lipinski definition) is 4. The highest BCUT2D eigenvalue weighted by molar-refractivity contribution is 9.11. The van der Waals surface area contributed by atoms with Gasteiger partial charge >= 0.3 is 5.97 Å². The zero-order valence-electron chi connectivity index (χ0n) is 8.03. The topological polar surface area (TPSA) is 86.5 Å². The molecular weight excluding hydrogens is 366 g/mol. The van der Waals surface area contributed by atoms with Crippen molar-refractivity contribution in [2.24, 2.45) is 5.14 Å². The van der Waals surface area contributed by atoms with Gasteiger partial charge in [0.1, 0.15) is 0 Å². The summed E-state index contributed by atoms with van der Waals surface area (Å²) in [6.45, 7) is 0. The molecule has 0 aliphatic heterocycles. The number of hydrogen-bond donors (Lipinski definition) is 1. The third kappa shape index (κ3) is 2.82. The zero-order valence-corrected chi connectivity index (χ0v) is 12.0. The fraction of sp³-hybridized carbons (Fsp3) is 0.125. The highest BCUT2D eigenvalue weighted by Crippen LogP contribution is 2.29. The molecule has 1 aromatic carbocycles. The second-order valence-electron chi connectivity index (χ2n) is 2.80. The number of nitrogens with two attached hydrogens (primary N) is 1. The molecule has 0 fully saturated rings. The van der Waals surface area contributed by atoms with Crippen LogP contribution in [0.4, 0.5) is 0 Å². The molecule has 0 spiro atoms. The van der Waals surface area contributed by atoms with Crippen LogP contribution in [0.5, 0.6) is 0 Å². The monoisotopic (exact) mass is 371 g/mol. The minimum atomic E-state index is -3.90. The second-order valence-corrected chi connectivity index (χ2v) is 6.04. The quantitative estimate of drug-likeness (QED) is 0.799. The molecule has 2 N–H and O–H groups in total. The summed E-state index contributed by atoms with van der Waals surface area (Å²) in [5.41, 5.74) is 0.0842. The maximum absolute atomic E-state index is 11.4. The van der Waals surface area contributed by atoms with Crippen LogP contribution in [0.15, 0.2) is 26.0 Å². The van der Waals surface area contributed by atoms with Crippen molar-refractivity contribution in [2.75, 3.05) is 7.11 Å². The first-order chi connectivity index (χ1) is 7.27. The largest absolute Gasteiger partial charge is 0.465 e. The molecule has 0 amide bonds. The molecule has 0 saturated carbocycles. The number of primary sulfonamides is 1.